The summed E-state index contributed by atoms with van der Waals surface area (Å²) in [6, 6.07) is 15.6. The summed E-state index contributed by atoms with van der Waals surface area (Å²) in [7, 11) is 0. The number of amides is 1. The first-order valence-corrected chi connectivity index (χ1v) is 7.07. The largest absolute Gasteiger partial charge is 0.325 e. The van der Waals surface area contributed by atoms with Gasteiger partial charge in [-0.2, -0.15) is 5.10 Å². The monoisotopic (exact) mass is 279 g/mol. The van der Waals surface area contributed by atoms with Crippen LogP contribution in [-0.4, -0.2) is 15.5 Å². The molecule has 4 heteroatoms. The molecule has 0 bridgehead atoms. The maximum Gasteiger partial charge on any atom is 0.231 e. The molecule has 3 aromatic rings. The van der Waals surface area contributed by atoms with E-state index in [9.17, 15) is 4.79 Å². The molecule has 1 amide bonds. The van der Waals surface area contributed by atoms with Gasteiger partial charge < -0.3 is 5.32 Å². The lowest BCUT2D eigenvalue weighted by atomic mass is 9.95. The zero-order valence-electron chi connectivity index (χ0n) is 11.9. The van der Waals surface area contributed by atoms with Gasteiger partial charge in [0.1, 0.15) is 0 Å². The summed E-state index contributed by atoms with van der Waals surface area (Å²) in [5.41, 5.74) is 2.80. The van der Waals surface area contributed by atoms with Gasteiger partial charge >= 0.3 is 0 Å². The van der Waals surface area contributed by atoms with Gasteiger partial charge in [0.15, 0.2) is 0 Å². The summed E-state index contributed by atoms with van der Waals surface area (Å²) in [4.78, 5) is 12.5. The Morgan fingerprint density at radius 2 is 2.05 bits per heavy atom. The number of carbonyl (C=O) groups excluding carboxylic acids is 1. The second-order valence-electron chi connectivity index (χ2n) is 4.98. The molecule has 1 aromatic carbocycles. The normalized spacial score (nSPS) is 12.2. The molecular formula is C17H17N3O. The first-order valence-electron chi connectivity index (χ1n) is 7.07. The maximum absolute atomic E-state index is 12.5. The Morgan fingerprint density at radius 1 is 1.24 bits per heavy atom. The number of pyridine rings is 1. The highest BCUT2D eigenvalue weighted by Crippen LogP contribution is 2.22. The zero-order chi connectivity index (χ0) is 14.7. The number of nitrogens with zero attached hydrogens (tertiary/aromatic N) is 2. The van der Waals surface area contributed by atoms with E-state index in [1.54, 1.807) is 10.7 Å². The molecule has 0 spiro atoms. The molecule has 21 heavy (non-hydrogen) atoms. The number of benzene rings is 1. The average molecular weight is 279 g/mol. The number of hydrogen-bond acceptors (Lipinski definition) is 2. The van der Waals surface area contributed by atoms with E-state index in [-0.39, 0.29) is 11.8 Å². The summed E-state index contributed by atoms with van der Waals surface area (Å²) in [6.45, 7) is 2.03. The van der Waals surface area contributed by atoms with E-state index in [0.29, 0.717) is 0 Å². The summed E-state index contributed by atoms with van der Waals surface area (Å²) in [5, 5.41) is 7.14. The second kappa shape index (κ2) is 5.79. The van der Waals surface area contributed by atoms with E-state index >= 15 is 0 Å². The van der Waals surface area contributed by atoms with Crippen molar-refractivity contribution in [3.63, 3.8) is 0 Å². The third-order valence-corrected chi connectivity index (χ3v) is 3.59. The molecule has 0 radical (unpaired) electrons. The van der Waals surface area contributed by atoms with Crippen molar-refractivity contribution < 1.29 is 4.79 Å². The highest BCUT2D eigenvalue weighted by atomic mass is 16.1. The molecule has 0 aliphatic carbocycles. The van der Waals surface area contributed by atoms with Crippen molar-refractivity contribution in [1.29, 1.82) is 0 Å². The van der Waals surface area contributed by atoms with Crippen LogP contribution < -0.4 is 5.32 Å². The highest BCUT2D eigenvalue weighted by Gasteiger charge is 2.18. The minimum atomic E-state index is -0.132. The number of anilines is 1. The fourth-order valence-electron chi connectivity index (χ4n) is 2.49. The molecule has 0 aliphatic heterocycles. The first kappa shape index (κ1) is 13.4. The molecule has 4 nitrogen and oxygen atoms in total. The summed E-state index contributed by atoms with van der Waals surface area (Å²) < 4.78 is 1.77. The van der Waals surface area contributed by atoms with E-state index in [1.807, 2.05) is 61.7 Å². The minimum Gasteiger partial charge on any atom is -0.325 e. The van der Waals surface area contributed by atoms with E-state index in [2.05, 4.69) is 10.4 Å². The summed E-state index contributed by atoms with van der Waals surface area (Å²) in [6.07, 6.45) is 4.35. The molecule has 0 fully saturated rings. The highest BCUT2D eigenvalue weighted by molar-refractivity contribution is 5.96. The second-order valence-corrected chi connectivity index (χ2v) is 4.98. The van der Waals surface area contributed by atoms with E-state index in [4.69, 9.17) is 0 Å². The van der Waals surface area contributed by atoms with Crippen LogP contribution in [0.1, 0.15) is 24.8 Å². The number of rotatable bonds is 4. The van der Waals surface area contributed by atoms with Crippen molar-refractivity contribution in [2.45, 2.75) is 19.3 Å². The lowest BCUT2D eigenvalue weighted by Crippen LogP contribution is -2.20. The van der Waals surface area contributed by atoms with Gasteiger partial charge in [0.25, 0.3) is 0 Å². The third-order valence-electron chi connectivity index (χ3n) is 3.59. The van der Waals surface area contributed by atoms with Gasteiger partial charge in [0.05, 0.1) is 11.4 Å². The fourth-order valence-corrected chi connectivity index (χ4v) is 2.49. The zero-order valence-corrected chi connectivity index (χ0v) is 11.9. The standard InChI is InChI=1S/C17H17N3O/c1-2-16(13-6-4-3-5-7-13)17(21)19-14-9-11-20-15(12-14)8-10-18-20/h3-12,16H,2H2,1H3,(H,19,21)/t16-/m1/s1. The summed E-state index contributed by atoms with van der Waals surface area (Å²) >= 11 is 0. The van der Waals surface area contributed by atoms with E-state index in [0.717, 1.165) is 23.2 Å². The number of aromatic nitrogens is 2. The molecule has 0 unspecified atom stereocenters. The number of fused-ring (bicyclic) bond motifs is 1. The molecule has 3 rings (SSSR count). The first-order chi connectivity index (χ1) is 10.3. The van der Waals surface area contributed by atoms with Crippen molar-refractivity contribution in [2.75, 3.05) is 5.32 Å². The molecule has 106 valence electrons. The Balaban J connectivity index is 1.81. The topological polar surface area (TPSA) is 46.4 Å². The third kappa shape index (κ3) is 2.79. The van der Waals surface area contributed by atoms with Crippen molar-refractivity contribution in [3.05, 3.63) is 66.5 Å². The molecule has 1 atom stereocenters. The molecule has 0 saturated heterocycles. The summed E-state index contributed by atoms with van der Waals surface area (Å²) in [5.74, 6) is -0.111. The minimum absolute atomic E-state index is 0.0209. The van der Waals surface area contributed by atoms with Crippen LogP contribution in [0.4, 0.5) is 5.69 Å². The number of nitrogens with one attached hydrogen (secondary N) is 1. The maximum atomic E-state index is 12.5. The van der Waals surface area contributed by atoms with Gasteiger partial charge in [-0.25, -0.2) is 4.52 Å². The van der Waals surface area contributed by atoms with Crippen LogP contribution in [0.3, 0.4) is 0 Å². The van der Waals surface area contributed by atoms with Gasteiger partial charge in [-0.3, -0.25) is 4.79 Å². The Labute approximate surface area is 123 Å². The SMILES string of the molecule is CC[C@@H](C(=O)Nc1ccn2nccc2c1)c1ccccc1. The molecular weight excluding hydrogens is 262 g/mol. The van der Waals surface area contributed by atoms with Gasteiger partial charge in [-0.05, 0) is 30.2 Å². The van der Waals surface area contributed by atoms with Crippen LogP contribution in [0.15, 0.2) is 60.9 Å². The lowest BCUT2D eigenvalue weighted by Gasteiger charge is -2.15. The van der Waals surface area contributed by atoms with Crippen molar-refractivity contribution in [2.24, 2.45) is 0 Å². The van der Waals surface area contributed by atoms with E-state index in [1.165, 1.54) is 0 Å². The van der Waals surface area contributed by atoms with Crippen LogP contribution in [-0.2, 0) is 4.79 Å². The van der Waals surface area contributed by atoms with Crippen LogP contribution >= 0.6 is 0 Å². The molecule has 0 aliphatic rings. The Hall–Kier alpha value is -2.62. The fraction of sp³-hybridized carbons (Fsp3) is 0.176. The molecule has 2 heterocycles. The number of hydrogen-bond donors (Lipinski definition) is 1. The smallest absolute Gasteiger partial charge is 0.231 e. The molecule has 2 aromatic heterocycles. The van der Waals surface area contributed by atoms with E-state index < -0.39 is 0 Å². The predicted octanol–water partition coefficient (Wildman–Crippen LogP) is 3.47. The average Bonchev–Trinajstić information content (AvgIpc) is 2.96. The quantitative estimate of drug-likeness (QED) is 0.795. The van der Waals surface area contributed by atoms with Crippen molar-refractivity contribution in [3.8, 4) is 0 Å². The van der Waals surface area contributed by atoms with Crippen LogP contribution in [0.2, 0.25) is 0 Å². The van der Waals surface area contributed by atoms with Crippen LogP contribution in [0, 0.1) is 0 Å². The van der Waals surface area contributed by atoms with Crippen LogP contribution in [0.25, 0.3) is 5.52 Å². The van der Waals surface area contributed by atoms with Gasteiger partial charge in [-0.1, -0.05) is 37.3 Å². The Kier molecular flexibility index (Phi) is 3.69. The Bertz CT molecular complexity index is 749. The van der Waals surface area contributed by atoms with Gasteiger partial charge in [0.2, 0.25) is 5.91 Å². The van der Waals surface area contributed by atoms with Gasteiger partial charge in [0, 0.05) is 18.1 Å². The predicted molar refractivity (Wildman–Crippen MR) is 83.3 cm³/mol. The Morgan fingerprint density at radius 3 is 2.81 bits per heavy atom. The lowest BCUT2D eigenvalue weighted by molar-refractivity contribution is -0.117. The van der Waals surface area contributed by atoms with Crippen molar-refractivity contribution >= 4 is 17.1 Å². The van der Waals surface area contributed by atoms with Crippen molar-refractivity contribution in [1.82, 2.24) is 9.61 Å². The van der Waals surface area contributed by atoms with Crippen LogP contribution in [0.5, 0.6) is 0 Å². The van der Waals surface area contributed by atoms with Gasteiger partial charge in [-0.15, -0.1) is 0 Å². The molecule has 0 saturated carbocycles. The number of carbonyl (C=O) groups is 1. The molecule has 1 N–H and O–H groups in total.